The van der Waals surface area contributed by atoms with Gasteiger partial charge in [0, 0.05) is 25.9 Å². The molecule has 1 unspecified atom stereocenters. The molecule has 102 valence electrons. The average Bonchev–Trinajstić information content (AvgIpc) is 2.69. The SMILES string of the molecule is Cc1noc(C)c1C(C)Nc1ccnc(N(C)C)n1. The van der Waals surface area contributed by atoms with Gasteiger partial charge in [0.1, 0.15) is 11.6 Å². The van der Waals surface area contributed by atoms with Gasteiger partial charge in [-0.15, -0.1) is 0 Å². The van der Waals surface area contributed by atoms with E-state index in [2.05, 4.69) is 27.4 Å². The molecule has 2 rings (SSSR count). The summed E-state index contributed by atoms with van der Waals surface area (Å²) in [6.07, 6.45) is 1.74. The highest BCUT2D eigenvalue weighted by Gasteiger charge is 2.16. The van der Waals surface area contributed by atoms with E-state index in [1.807, 2.05) is 38.9 Å². The average molecular weight is 261 g/mol. The van der Waals surface area contributed by atoms with Crippen molar-refractivity contribution < 1.29 is 4.52 Å². The molecule has 0 amide bonds. The number of nitrogens with zero attached hydrogens (tertiary/aromatic N) is 4. The third-order valence-electron chi connectivity index (χ3n) is 2.93. The molecule has 0 saturated heterocycles. The van der Waals surface area contributed by atoms with Gasteiger partial charge in [-0.1, -0.05) is 5.16 Å². The minimum atomic E-state index is 0.0798. The first kappa shape index (κ1) is 13.3. The van der Waals surface area contributed by atoms with Gasteiger partial charge < -0.3 is 14.7 Å². The molecule has 0 saturated carbocycles. The van der Waals surface area contributed by atoms with Crippen molar-refractivity contribution in [3.8, 4) is 0 Å². The number of anilines is 2. The van der Waals surface area contributed by atoms with Crippen LogP contribution in [0.2, 0.25) is 0 Å². The molecule has 0 bridgehead atoms. The van der Waals surface area contributed by atoms with E-state index in [1.165, 1.54) is 0 Å². The van der Waals surface area contributed by atoms with Crippen LogP contribution in [0.4, 0.5) is 11.8 Å². The second kappa shape index (κ2) is 5.26. The molecule has 19 heavy (non-hydrogen) atoms. The van der Waals surface area contributed by atoms with Crippen molar-refractivity contribution in [2.24, 2.45) is 0 Å². The molecule has 6 heteroatoms. The largest absolute Gasteiger partial charge is 0.363 e. The maximum Gasteiger partial charge on any atom is 0.226 e. The van der Waals surface area contributed by atoms with E-state index >= 15 is 0 Å². The fourth-order valence-electron chi connectivity index (χ4n) is 2.05. The summed E-state index contributed by atoms with van der Waals surface area (Å²) in [5.74, 6) is 2.29. The third-order valence-corrected chi connectivity index (χ3v) is 2.93. The van der Waals surface area contributed by atoms with Crippen LogP contribution in [0.3, 0.4) is 0 Å². The lowest BCUT2D eigenvalue weighted by Crippen LogP contribution is -2.15. The summed E-state index contributed by atoms with van der Waals surface area (Å²) >= 11 is 0. The van der Waals surface area contributed by atoms with E-state index in [4.69, 9.17) is 4.52 Å². The third kappa shape index (κ3) is 2.83. The number of hydrogen-bond acceptors (Lipinski definition) is 6. The van der Waals surface area contributed by atoms with Crippen molar-refractivity contribution in [1.29, 1.82) is 0 Å². The Balaban J connectivity index is 2.19. The Morgan fingerprint density at radius 1 is 1.32 bits per heavy atom. The lowest BCUT2D eigenvalue weighted by molar-refractivity contribution is 0.392. The van der Waals surface area contributed by atoms with Crippen LogP contribution in [0.5, 0.6) is 0 Å². The molecule has 2 heterocycles. The zero-order chi connectivity index (χ0) is 14.0. The fraction of sp³-hybridized carbons (Fsp3) is 0.462. The maximum absolute atomic E-state index is 5.19. The van der Waals surface area contributed by atoms with Crippen molar-refractivity contribution in [3.63, 3.8) is 0 Å². The smallest absolute Gasteiger partial charge is 0.226 e. The standard InChI is InChI=1S/C13H19N5O/c1-8(12-9(2)17-19-10(12)3)15-11-6-7-14-13(16-11)18(4)5/h6-8H,1-5H3,(H,14,15,16). The molecular weight excluding hydrogens is 242 g/mol. The van der Waals surface area contributed by atoms with Gasteiger partial charge in [0.15, 0.2) is 0 Å². The zero-order valence-corrected chi connectivity index (χ0v) is 11.9. The molecule has 2 aromatic heterocycles. The second-order valence-electron chi connectivity index (χ2n) is 4.74. The van der Waals surface area contributed by atoms with Crippen LogP contribution in [0.25, 0.3) is 0 Å². The van der Waals surface area contributed by atoms with E-state index in [-0.39, 0.29) is 6.04 Å². The first-order valence-electron chi connectivity index (χ1n) is 6.18. The summed E-state index contributed by atoms with van der Waals surface area (Å²) in [4.78, 5) is 10.5. The normalized spacial score (nSPS) is 12.3. The van der Waals surface area contributed by atoms with Crippen LogP contribution < -0.4 is 10.2 Å². The van der Waals surface area contributed by atoms with Gasteiger partial charge in [0.2, 0.25) is 5.95 Å². The molecule has 0 aromatic carbocycles. The molecule has 1 N–H and O–H groups in total. The van der Waals surface area contributed by atoms with Crippen molar-refractivity contribution in [2.45, 2.75) is 26.8 Å². The lowest BCUT2D eigenvalue weighted by atomic mass is 10.1. The van der Waals surface area contributed by atoms with Crippen molar-refractivity contribution in [2.75, 3.05) is 24.3 Å². The summed E-state index contributed by atoms with van der Waals surface area (Å²) < 4.78 is 5.19. The number of hydrogen-bond donors (Lipinski definition) is 1. The van der Waals surface area contributed by atoms with Crippen LogP contribution in [0.1, 0.15) is 30.0 Å². The number of aromatic nitrogens is 3. The summed E-state index contributed by atoms with van der Waals surface area (Å²) in [6, 6.07) is 1.93. The summed E-state index contributed by atoms with van der Waals surface area (Å²) in [5.41, 5.74) is 1.98. The van der Waals surface area contributed by atoms with Gasteiger partial charge in [-0.25, -0.2) is 4.98 Å². The van der Waals surface area contributed by atoms with E-state index in [1.54, 1.807) is 6.20 Å². The molecule has 0 fully saturated rings. The monoisotopic (exact) mass is 261 g/mol. The van der Waals surface area contributed by atoms with Crippen molar-refractivity contribution in [1.82, 2.24) is 15.1 Å². The number of nitrogens with one attached hydrogen (secondary N) is 1. The zero-order valence-electron chi connectivity index (χ0n) is 11.9. The Hall–Kier alpha value is -2.11. The van der Waals surface area contributed by atoms with E-state index in [0.29, 0.717) is 5.95 Å². The van der Waals surface area contributed by atoms with E-state index in [0.717, 1.165) is 22.8 Å². The Kier molecular flexibility index (Phi) is 3.69. The predicted molar refractivity (Wildman–Crippen MR) is 74.4 cm³/mol. The van der Waals surface area contributed by atoms with Gasteiger partial charge in [-0.2, -0.15) is 4.98 Å². The maximum atomic E-state index is 5.19. The Morgan fingerprint density at radius 3 is 2.63 bits per heavy atom. The van der Waals surface area contributed by atoms with Gasteiger partial charge in [-0.3, -0.25) is 0 Å². The quantitative estimate of drug-likeness (QED) is 0.911. The van der Waals surface area contributed by atoms with E-state index in [9.17, 15) is 0 Å². The van der Waals surface area contributed by atoms with Crippen LogP contribution in [-0.2, 0) is 0 Å². The Bertz CT molecular complexity index is 544. The van der Waals surface area contributed by atoms with Crippen molar-refractivity contribution >= 4 is 11.8 Å². The van der Waals surface area contributed by atoms with Gasteiger partial charge in [0.25, 0.3) is 0 Å². The second-order valence-corrected chi connectivity index (χ2v) is 4.74. The molecule has 2 aromatic rings. The Labute approximate surface area is 112 Å². The van der Waals surface area contributed by atoms with Crippen LogP contribution in [-0.4, -0.2) is 29.2 Å². The minimum absolute atomic E-state index is 0.0798. The summed E-state index contributed by atoms with van der Waals surface area (Å²) in [5, 5.41) is 7.31. The summed E-state index contributed by atoms with van der Waals surface area (Å²) in [7, 11) is 3.83. The first-order chi connectivity index (χ1) is 8.99. The predicted octanol–water partition coefficient (Wildman–Crippen LogP) is 2.32. The van der Waals surface area contributed by atoms with Crippen LogP contribution >= 0.6 is 0 Å². The Morgan fingerprint density at radius 2 is 2.05 bits per heavy atom. The highest BCUT2D eigenvalue weighted by atomic mass is 16.5. The summed E-state index contributed by atoms with van der Waals surface area (Å²) in [6.45, 7) is 5.91. The minimum Gasteiger partial charge on any atom is -0.363 e. The van der Waals surface area contributed by atoms with Crippen molar-refractivity contribution in [3.05, 3.63) is 29.3 Å². The molecule has 1 atom stereocenters. The van der Waals surface area contributed by atoms with Gasteiger partial charge in [-0.05, 0) is 26.8 Å². The molecule has 0 aliphatic carbocycles. The highest BCUT2D eigenvalue weighted by molar-refractivity contribution is 5.43. The molecule has 0 aliphatic rings. The molecule has 6 nitrogen and oxygen atoms in total. The topological polar surface area (TPSA) is 67.1 Å². The number of aryl methyl sites for hydroxylation is 2. The van der Waals surface area contributed by atoms with Gasteiger partial charge >= 0.3 is 0 Å². The molecule has 0 radical (unpaired) electrons. The lowest BCUT2D eigenvalue weighted by Gasteiger charge is -2.16. The van der Waals surface area contributed by atoms with E-state index < -0.39 is 0 Å². The number of rotatable bonds is 4. The first-order valence-corrected chi connectivity index (χ1v) is 6.18. The molecule has 0 aliphatic heterocycles. The molecular formula is C13H19N5O. The molecule has 0 spiro atoms. The highest BCUT2D eigenvalue weighted by Crippen LogP contribution is 2.24. The van der Waals surface area contributed by atoms with Gasteiger partial charge in [0.05, 0.1) is 11.7 Å². The van der Waals surface area contributed by atoms with Crippen LogP contribution in [0.15, 0.2) is 16.8 Å². The fourth-order valence-corrected chi connectivity index (χ4v) is 2.05. The van der Waals surface area contributed by atoms with Crippen LogP contribution in [0, 0.1) is 13.8 Å².